The van der Waals surface area contributed by atoms with Crippen molar-refractivity contribution in [1.29, 1.82) is 5.26 Å². The molecule has 0 atom stereocenters. The van der Waals surface area contributed by atoms with Gasteiger partial charge in [-0.3, -0.25) is 0 Å². The summed E-state index contributed by atoms with van der Waals surface area (Å²) in [7, 11) is 2.67. The second-order valence-corrected chi connectivity index (χ2v) is 5.05. The Hall–Kier alpha value is -1.34. The van der Waals surface area contributed by atoms with Crippen molar-refractivity contribution in [3.05, 3.63) is 29.6 Å². The molecule has 1 aliphatic rings. The lowest BCUT2D eigenvalue weighted by atomic mass is 9.72. The second-order valence-electron chi connectivity index (χ2n) is 4.85. The van der Waals surface area contributed by atoms with Crippen LogP contribution in [0.2, 0.25) is 0 Å². The Balaban J connectivity index is 0.000000202. The minimum atomic E-state index is -0.648. The number of nitriles is 1. The molecule has 0 saturated heterocycles. The van der Waals surface area contributed by atoms with Crippen LogP contribution in [-0.2, 0) is 0 Å². The normalized spacial score (nSPS) is 15.9. The van der Waals surface area contributed by atoms with Gasteiger partial charge in [0.25, 0.3) is 0 Å². The van der Waals surface area contributed by atoms with Gasteiger partial charge in [0.15, 0.2) is 5.82 Å². The van der Waals surface area contributed by atoms with Gasteiger partial charge in [-0.1, -0.05) is 26.3 Å². The highest BCUT2D eigenvalue weighted by Gasteiger charge is 2.25. The molecule has 0 aromatic heterocycles. The zero-order chi connectivity index (χ0) is 12.9. The molecule has 1 fully saturated rings. The van der Waals surface area contributed by atoms with Gasteiger partial charge in [0.05, 0.1) is 5.56 Å². The molecular weight excluding hydrogens is 233 g/mol. The average molecular weight is 248 g/mol. The van der Waals surface area contributed by atoms with Crippen molar-refractivity contribution in [2.75, 3.05) is 0 Å². The standard InChI is InChI=1S/C7H3FNOSi.C6H12/c8-7-5(4-9)2-1-3-6(7)10-11;1-6(2)4-3-5-6/h1-3H;3-5H2,1-2H3. The number of hydrogen-bond acceptors (Lipinski definition) is 2. The van der Waals surface area contributed by atoms with Crippen LogP contribution < -0.4 is 4.43 Å². The first-order valence-corrected chi connectivity index (χ1v) is 5.93. The number of benzene rings is 1. The van der Waals surface area contributed by atoms with Crippen molar-refractivity contribution in [3.8, 4) is 11.8 Å². The Kier molecular flexibility index (Phi) is 4.70. The highest BCUT2D eigenvalue weighted by Crippen LogP contribution is 2.38. The van der Waals surface area contributed by atoms with E-state index in [1.165, 1.54) is 37.5 Å². The van der Waals surface area contributed by atoms with Gasteiger partial charge in [0.2, 0.25) is 0 Å². The third kappa shape index (κ3) is 3.86. The van der Waals surface area contributed by atoms with E-state index in [0.29, 0.717) is 0 Å². The van der Waals surface area contributed by atoms with Crippen molar-refractivity contribution >= 4 is 10.5 Å². The van der Waals surface area contributed by atoms with Crippen molar-refractivity contribution in [1.82, 2.24) is 0 Å². The summed E-state index contributed by atoms with van der Waals surface area (Å²) in [5.74, 6) is -0.634. The summed E-state index contributed by atoms with van der Waals surface area (Å²) >= 11 is 0. The largest absolute Gasteiger partial charge is 0.538 e. The smallest absolute Gasteiger partial charge is 0.341 e. The number of halogens is 1. The molecule has 1 aromatic rings. The average Bonchev–Trinajstić information content (AvgIpc) is 2.28. The lowest BCUT2D eigenvalue weighted by Gasteiger charge is -2.33. The number of rotatable bonds is 1. The summed E-state index contributed by atoms with van der Waals surface area (Å²) in [6, 6.07) is 6.03. The van der Waals surface area contributed by atoms with Gasteiger partial charge in [-0.2, -0.15) is 5.26 Å². The van der Waals surface area contributed by atoms with Crippen molar-refractivity contribution < 1.29 is 8.82 Å². The van der Waals surface area contributed by atoms with E-state index in [2.05, 4.69) is 28.8 Å². The van der Waals surface area contributed by atoms with E-state index in [1.807, 2.05) is 0 Å². The second kappa shape index (κ2) is 5.83. The fraction of sp³-hybridized carbons (Fsp3) is 0.462. The molecule has 89 valence electrons. The monoisotopic (exact) mass is 248 g/mol. The van der Waals surface area contributed by atoms with E-state index in [1.54, 1.807) is 6.07 Å². The maximum absolute atomic E-state index is 12.9. The molecule has 1 aromatic carbocycles. The summed E-state index contributed by atoms with van der Waals surface area (Å²) in [6.45, 7) is 4.66. The van der Waals surface area contributed by atoms with Gasteiger partial charge >= 0.3 is 10.5 Å². The van der Waals surface area contributed by atoms with Crippen LogP contribution in [0, 0.1) is 22.6 Å². The van der Waals surface area contributed by atoms with E-state index in [-0.39, 0.29) is 11.3 Å². The summed E-state index contributed by atoms with van der Waals surface area (Å²) in [4.78, 5) is 0. The Labute approximate surface area is 105 Å². The molecule has 0 bridgehead atoms. The molecule has 0 N–H and O–H groups in total. The van der Waals surface area contributed by atoms with E-state index in [9.17, 15) is 4.39 Å². The van der Waals surface area contributed by atoms with Crippen LogP contribution in [-0.4, -0.2) is 10.5 Å². The third-order valence-corrected chi connectivity index (χ3v) is 3.12. The molecule has 0 amide bonds. The van der Waals surface area contributed by atoms with Gasteiger partial charge in [-0.15, -0.1) is 0 Å². The van der Waals surface area contributed by atoms with Crippen molar-refractivity contribution in [3.63, 3.8) is 0 Å². The summed E-state index contributed by atoms with van der Waals surface area (Å²) in [5, 5.41) is 8.38. The molecule has 2 nitrogen and oxygen atoms in total. The molecule has 2 rings (SSSR count). The molecule has 0 unspecified atom stereocenters. The maximum atomic E-state index is 12.9. The molecule has 0 aliphatic heterocycles. The fourth-order valence-electron chi connectivity index (χ4n) is 1.56. The summed E-state index contributed by atoms with van der Waals surface area (Å²) in [5.41, 5.74) is 0.695. The van der Waals surface area contributed by atoms with Crippen LogP contribution in [0.4, 0.5) is 4.39 Å². The Morgan fingerprint density at radius 2 is 2.00 bits per heavy atom. The molecule has 1 aliphatic carbocycles. The van der Waals surface area contributed by atoms with Gasteiger partial charge in [0.1, 0.15) is 11.8 Å². The quantitative estimate of drug-likeness (QED) is 0.714. The predicted molar refractivity (Wildman–Crippen MR) is 65.1 cm³/mol. The van der Waals surface area contributed by atoms with Crippen LogP contribution in [0.1, 0.15) is 38.7 Å². The third-order valence-electron chi connectivity index (χ3n) is 2.90. The van der Waals surface area contributed by atoms with Gasteiger partial charge in [0, 0.05) is 0 Å². The number of hydrogen-bond donors (Lipinski definition) is 0. The predicted octanol–water partition coefficient (Wildman–Crippen LogP) is 3.36. The molecule has 1 saturated carbocycles. The summed E-state index contributed by atoms with van der Waals surface area (Å²) in [6.07, 6.45) is 4.37. The van der Waals surface area contributed by atoms with Gasteiger partial charge < -0.3 is 4.43 Å². The van der Waals surface area contributed by atoms with E-state index in [0.717, 1.165) is 5.41 Å². The SMILES string of the molecule is CC1(C)CCC1.N#Cc1cccc(O[Si])c1F. The lowest BCUT2D eigenvalue weighted by Crippen LogP contribution is -2.20. The molecule has 17 heavy (non-hydrogen) atoms. The molecule has 0 spiro atoms. The van der Waals surface area contributed by atoms with Crippen LogP contribution in [0.25, 0.3) is 0 Å². The van der Waals surface area contributed by atoms with Crippen LogP contribution in [0.15, 0.2) is 18.2 Å². The molecular formula is C13H15FNOSi. The molecule has 0 heterocycles. The Bertz CT molecular complexity index is 420. The maximum Gasteiger partial charge on any atom is 0.341 e. The van der Waals surface area contributed by atoms with Crippen molar-refractivity contribution in [2.45, 2.75) is 33.1 Å². The minimum absolute atomic E-state index is 0.0146. The molecule has 3 radical (unpaired) electrons. The van der Waals surface area contributed by atoms with Crippen LogP contribution in [0.3, 0.4) is 0 Å². The van der Waals surface area contributed by atoms with E-state index >= 15 is 0 Å². The Morgan fingerprint density at radius 3 is 2.35 bits per heavy atom. The first-order chi connectivity index (χ1) is 8.00. The highest BCUT2D eigenvalue weighted by atomic mass is 28.2. The van der Waals surface area contributed by atoms with Gasteiger partial charge in [-0.25, -0.2) is 4.39 Å². The van der Waals surface area contributed by atoms with Crippen LogP contribution in [0.5, 0.6) is 5.75 Å². The highest BCUT2D eigenvalue weighted by molar-refractivity contribution is 6.00. The summed E-state index contributed by atoms with van der Waals surface area (Å²) < 4.78 is 17.4. The number of nitrogens with zero attached hydrogens (tertiary/aromatic N) is 1. The lowest BCUT2D eigenvalue weighted by molar-refractivity contribution is 0.190. The van der Waals surface area contributed by atoms with Crippen LogP contribution >= 0.6 is 0 Å². The topological polar surface area (TPSA) is 33.0 Å². The first-order valence-electron chi connectivity index (χ1n) is 5.52. The van der Waals surface area contributed by atoms with E-state index in [4.69, 9.17) is 5.26 Å². The minimum Gasteiger partial charge on any atom is -0.538 e. The van der Waals surface area contributed by atoms with Crippen molar-refractivity contribution in [2.24, 2.45) is 5.41 Å². The fourth-order valence-corrected chi connectivity index (χ4v) is 1.72. The zero-order valence-electron chi connectivity index (χ0n) is 10.1. The first kappa shape index (κ1) is 13.7. The van der Waals surface area contributed by atoms with E-state index < -0.39 is 5.82 Å². The zero-order valence-corrected chi connectivity index (χ0v) is 11.1. The van der Waals surface area contributed by atoms with Gasteiger partial charge in [-0.05, 0) is 30.4 Å². The Morgan fingerprint density at radius 1 is 1.41 bits per heavy atom. The molecule has 4 heteroatoms.